The van der Waals surface area contributed by atoms with Crippen molar-refractivity contribution in [1.29, 1.82) is 0 Å². The van der Waals surface area contributed by atoms with Crippen molar-refractivity contribution in [3.8, 4) is 5.75 Å². The number of ether oxygens (including phenoxy) is 1. The third-order valence-corrected chi connectivity index (χ3v) is 2.96. The average Bonchev–Trinajstić information content (AvgIpc) is 2.82. The van der Waals surface area contributed by atoms with Crippen LogP contribution in [0.25, 0.3) is 0 Å². The highest BCUT2D eigenvalue weighted by atomic mass is 16.5. The summed E-state index contributed by atoms with van der Waals surface area (Å²) in [6.07, 6.45) is 1.06. The second-order valence-corrected chi connectivity index (χ2v) is 3.96. The van der Waals surface area contributed by atoms with E-state index in [0.717, 1.165) is 25.1 Å². The monoisotopic (exact) mass is 221 g/mol. The Balaban J connectivity index is 2.30. The Labute approximate surface area is 94.2 Å². The smallest absolute Gasteiger partial charge is 0.341 e. The van der Waals surface area contributed by atoms with E-state index in [-0.39, 0.29) is 11.3 Å². The number of aromatic hydroxyl groups is 1. The molecule has 0 radical (unpaired) electrons. The van der Waals surface area contributed by atoms with Crippen LogP contribution in [0.2, 0.25) is 0 Å². The number of phenols is 1. The summed E-state index contributed by atoms with van der Waals surface area (Å²) in [5, 5.41) is 12.8. The molecule has 16 heavy (non-hydrogen) atoms. The normalized spacial score (nSPS) is 19.7. The van der Waals surface area contributed by atoms with Crippen molar-refractivity contribution in [2.24, 2.45) is 0 Å². The Morgan fingerprint density at radius 3 is 3.00 bits per heavy atom. The van der Waals surface area contributed by atoms with Crippen LogP contribution in [0.4, 0.5) is 0 Å². The van der Waals surface area contributed by atoms with E-state index in [1.807, 2.05) is 6.07 Å². The lowest BCUT2D eigenvalue weighted by Gasteiger charge is -2.11. The minimum Gasteiger partial charge on any atom is -0.507 e. The van der Waals surface area contributed by atoms with Crippen molar-refractivity contribution in [1.82, 2.24) is 5.32 Å². The van der Waals surface area contributed by atoms with Gasteiger partial charge in [0.05, 0.1) is 7.11 Å². The lowest BCUT2D eigenvalue weighted by Crippen LogP contribution is -2.09. The summed E-state index contributed by atoms with van der Waals surface area (Å²) in [7, 11) is 1.31. The molecule has 1 heterocycles. The predicted molar refractivity (Wildman–Crippen MR) is 59.7 cm³/mol. The van der Waals surface area contributed by atoms with Gasteiger partial charge in [-0.25, -0.2) is 4.79 Å². The zero-order valence-corrected chi connectivity index (χ0v) is 9.19. The van der Waals surface area contributed by atoms with Crippen LogP contribution in [0.5, 0.6) is 5.75 Å². The molecule has 0 aromatic heterocycles. The van der Waals surface area contributed by atoms with Gasteiger partial charge in [0.1, 0.15) is 11.3 Å². The number of carbonyl (C=O) groups excluding carboxylic acids is 1. The SMILES string of the molecule is COC(=O)c1cc(C2CCNC2)ccc1O. The molecule has 0 aliphatic carbocycles. The molecule has 2 N–H and O–H groups in total. The van der Waals surface area contributed by atoms with Gasteiger partial charge in [0.2, 0.25) is 0 Å². The zero-order chi connectivity index (χ0) is 11.5. The second-order valence-electron chi connectivity index (χ2n) is 3.96. The van der Waals surface area contributed by atoms with Crippen molar-refractivity contribution in [2.75, 3.05) is 20.2 Å². The van der Waals surface area contributed by atoms with Gasteiger partial charge in [0.15, 0.2) is 0 Å². The molecule has 1 saturated heterocycles. The molecule has 4 heteroatoms. The van der Waals surface area contributed by atoms with Crippen LogP contribution in [-0.2, 0) is 4.74 Å². The number of hydrogen-bond donors (Lipinski definition) is 2. The number of hydrogen-bond acceptors (Lipinski definition) is 4. The van der Waals surface area contributed by atoms with Gasteiger partial charge in [-0.15, -0.1) is 0 Å². The molecule has 4 nitrogen and oxygen atoms in total. The molecule has 0 spiro atoms. The highest BCUT2D eigenvalue weighted by Gasteiger charge is 2.19. The quantitative estimate of drug-likeness (QED) is 0.738. The molecule has 1 aromatic rings. The molecule has 86 valence electrons. The molecular formula is C12H15NO3. The van der Waals surface area contributed by atoms with Gasteiger partial charge >= 0.3 is 5.97 Å². The minimum atomic E-state index is -0.495. The van der Waals surface area contributed by atoms with E-state index in [4.69, 9.17) is 0 Å². The number of carbonyl (C=O) groups is 1. The molecular weight excluding hydrogens is 206 g/mol. The fraction of sp³-hybridized carbons (Fsp3) is 0.417. The summed E-state index contributed by atoms with van der Waals surface area (Å²) in [5.74, 6) is -0.101. The summed E-state index contributed by atoms with van der Waals surface area (Å²) in [5.41, 5.74) is 1.31. The summed E-state index contributed by atoms with van der Waals surface area (Å²) in [6.45, 7) is 1.92. The largest absolute Gasteiger partial charge is 0.507 e. The van der Waals surface area contributed by atoms with E-state index in [0.29, 0.717) is 5.92 Å². The molecule has 0 amide bonds. The summed E-state index contributed by atoms with van der Waals surface area (Å²) < 4.78 is 4.62. The van der Waals surface area contributed by atoms with Crippen molar-refractivity contribution >= 4 is 5.97 Å². The van der Waals surface area contributed by atoms with Crippen molar-refractivity contribution in [3.05, 3.63) is 29.3 Å². The van der Waals surface area contributed by atoms with Gasteiger partial charge in [0, 0.05) is 6.54 Å². The summed E-state index contributed by atoms with van der Waals surface area (Å²) >= 11 is 0. The maximum absolute atomic E-state index is 11.4. The fourth-order valence-corrected chi connectivity index (χ4v) is 2.02. The molecule has 1 unspecified atom stereocenters. The Morgan fingerprint density at radius 2 is 2.38 bits per heavy atom. The molecule has 2 rings (SSSR count). The average molecular weight is 221 g/mol. The highest BCUT2D eigenvalue weighted by Crippen LogP contribution is 2.27. The van der Waals surface area contributed by atoms with Gasteiger partial charge in [-0.2, -0.15) is 0 Å². The van der Waals surface area contributed by atoms with Crippen LogP contribution in [0.15, 0.2) is 18.2 Å². The first-order valence-electron chi connectivity index (χ1n) is 5.34. The highest BCUT2D eigenvalue weighted by molar-refractivity contribution is 5.92. The molecule has 0 bridgehead atoms. The standard InChI is InChI=1S/C12H15NO3/c1-16-12(15)10-6-8(2-3-11(10)14)9-4-5-13-7-9/h2-3,6,9,13-14H,4-5,7H2,1H3. The molecule has 1 atom stereocenters. The van der Waals surface area contributed by atoms with E-state index in [9.17, 15) is 9.90 Å². The van der Waals surface area contributed by atoms with Crippen molar-refractivity contribution < 1.29 is 14.6 Å². The van der Waals surface area contributed by atoms with Crippen LogP contribution in [0.1, 0.15) is 28.3 Å². The van der Waals surface area contributed by atoms with Gasteiger partial charge < -0.3 is 15.2 Å². The maximum Gasteiger partial charge on any atom is 0.341 e. The third kappa shape index (κ3) is 2.02. The Morgan fingerprint density at radius 1 is 1.56 bits per heavy atom. The summed E-state index contributed by atoms with van der Waals surface area (Å²) in [6, 6.07) is 5.14. The van der Waals surface area contributed by atoms with Gasteiger partial charge in [0.25, 0.3) is 0 Å². The van der Waals surface area contributed by atoms with Gasteiger partial charge in [-0.1, -0.05) is 6.07 Å². The lowest BCUT2D eigenvalue weighted by molar-refractivity contribution is 0.0597. The molecule has 0 saturated carbocycles. The molecule has 1 aliphatic rings. The Bertz CT molecular complexity index is 397. The Kier molecular flexibility index (Phi) is 3.10. The van der Waals surface area contributed by atoms with E-state index >= 15 is 0 Å². The van der Waals surface area contributed by atoms with Crippen molar-refractivity contribution in [3.63, 3.8) is 0 Å². The number of esters is 1. The van der Waals surface area contributed by atoms with Crippen LogP contribution >= 0.6 is 0 Å². The van der Waals surface area contributed by atoms with Crippen LogP contribution in [0, 0.1) is 0 Å². The first kappa shape index (κ1) is 11.0. The number of methoxy groups -OCH3 is 1. The third-order valence-electron chi connectivity index (χ3n) is 2.96. The maximum atomic E-state index is 11.4. The topological polar surface area (TPSA) is 58.6 Å². The number of nitrogens with one attached hydrogen (secondary N) is 1. The number of phenolic OH excluding ortho intramolecular Hbond substituents is 1. The molecule has 1 aromatic carbocycles. The van der Waals surface area contributed by atoms with Gasteiger partial charge in [-0.3, -0.25) is 0 Å². The van der Waals surface area contributed by atoms with E-state index < -0.39 is 5.97 Å². The second kappa shape index (κ2) is 4.53. The van der Waals surface area contributed by atoms with E-state index in [1.54, 1.807) is 12.1 Å². The lowest BCUT2D eigenvalue weighted by atomic mass is 9.96. The van der Waals surface area contributed by atoms with Crippen molar-refractivity contribution in [2.45, 2.75) is 12.3 Å². The first-order chi connectivity index (χ1) is 7.72. The Hall–Kier alpha value is -1.55. The van der Waals surface area contributed by atoms with Crippen LogP contribution < -0.4 is 5.32 Å². The first-order valence-corrected chi connectivity index (χ1v) is 5.34. The minimum absolute atomic E-state index is 0.0263. The van der Waals surface area contributed by atoms with Gasteiger partial charge in [-0.05, 0) is 36.6 Å². The van der Waals surface area contributed by atoms with Crippen LogP contribution in [0.3, 0.4) is 0 Å². The zero-order valence-electron chi connectivity index (χ0n) is 9.19. The summed E-state index contributed by atoms with van der Waals surface area (Å²) in [4.78, 5) is 11.4. The predicted octanol–water partition coefficient (Wildman–Crippen LogP) is 1.26. The molecule has 1 fully saturated rings. The number of rotatable bonds is 2. The van der Waals surface area contributed by atoms with E-state index in [2.05, 4.69) is 10.1 Å². The fourth-order valence-electron chi connectivity index (χ4n) is 2.02. The molecule has 1 aliphatic heterocycles. The van der Waals surface area contributed by atoms with E-state index in [1.165, 1.54) is 7.11 Å². The van der Waals surface area contributed by atoms with Crippen LogP contribution in [-0.4, -0.2) is 31.3 Å². The number of benzene rings is 1.